The Bertz CT molecular complexity index is 437. The third-order valence-electron chi connectivity index (χ3n) is 3.76. The molecule has 1 amide bonds. The average Bonchev–Trinajstić information content (AvgIpc) is 2.94. The molecular weight excluding hydrogens is 234 g/mol. The van der Waals surface area contributed by atoms with E-state index in [0.717, 1.165) is 36.8 Å². The fourth-order valence-corrected chi connectivity index (χ4v) is 3.49. The summed E-state index contributed by atoms with van der Waals surface area (Å²) in [5.41, 5.74) is 1.24. The topological polar surface area (TPSA) is 45.2 Å². The molecule has 92 valence electrons. The molecule has 4 nitrogen and oxygen atoms in total. The summed E-state index contributed by atoms with van der Waals surface area (Å²) in [6.45, 7) is 5.63. The summed E-state index contributed by atoms with van der Waals surface area (Å²) in [5, 5.41) is 6.50. The Morgan fingerprint density at radius 1 is 1.65 bits per heavy atom. The van der Waals surface area contributed by atoms with E-state index in [1.165, 1.54) is 0 Å². The van der Waals surface area contributed by atoms with Crippen molar-refractivity contribution in [2.75, 3.05) is 19.6 Å². The Balaban J connectivity index is 1.70. The van der Waals surface area contributed by atoms with Gasteiger partial charge < -0.3 is 10.2 Å². The number of thiazole rings is 1. The van der Waals surface area contributed by atoms with Gasteiger partial charge in [-0.15, -0.1) is 11.3 Å². The highest BCUT2D eigenvalue weighted by Crippen LogP contribution is 2.37. The number of carbonyl (C=O) groups is 1. The van der Waals surface area contributed by atoms with Crippen molar-refractivity contribution in [3.63, 3.8) is 0 Å². The molecule has 1 spiro atoms. The minimum absolute atomic E-state index is 0.210. The average molecular weight is 251 g/mol. The minimum Gasteiger partial charge on any atom is -0.336 e. The van der Waals surface area contributed by atoms with Gasteiger partial charge in [0.1, 0.15) is 0 Å². The zero-order valence-corrected chi connectivity index (χ0v) is 10.8. The van der Waals surface area contributed by atoms with Crippen molar-refractivity contribution >= 4 is 17.2 Å². The third-order valence-corrected chi connectivity index (χ3v) is 4.58. The van der Waals surface area contributed by atoms with E-state index >= 15 is 0 Å². The molecule has 0 saturated carbocycles. The van der Waals surface area contributed by atoms with E-state index in [-0.39, 0.29) is 5.41 Å². The molecule has 2 aliphatic rings. The molecule has 1 aromatic rings. The van der Waals surface area contributed by atoms with Crippen LogP contribution in [0.5, 0.6) is 0 Å². The lowest BCUT2D eigenvalue weighted by atomic mass is 9.86. The van der Waals surface area contributed by atoms with E-state index < -0.39 is 0 Å². The van der Waals surface area contributed by atoms with Gasteiger partial charge in [-0.2, -0.15) is 0 Å². The minimum atomic E-state index is 0.210. The SMILES string of the molecule is Cc1nc(CN2C[C@]3(CCNC3)CC2=O)cs1. The first-order chi connectivity index (χ1) is 8.17. The highest BCUT2D eigenvalue weighted by molar-refractivity contribution is 7.09. The maximum absolute atomic E-state index is 12.0. The third kappa shape index (κ3) is 2.09. The number of hydrogen-bond donors (Lipinski definition) is 1. The number of rotatable bonds is 2. The van der Waals surface area contributed by atoms with Crippen LogP contribution in [0.15, 0.2) is 5.38 Å². The second-order valence-electron chi connectivity index (χ2n) is 5.21. The maximum atomic E-state index is 12.0. The lowest BCUT2D eigenvalue weighted by molar-refractivity contribution is -0.128. The first-order valence-electron chi connectivity index (χ1n) is 6.06. The quantitative estimate of drug-likeness (QED) is 0.858. The van der Waals surface area contributed by atoms with Crippen molar-refractivity contribution in [1.29, 1.82) is 0 Å². The number of amides is 1. The van der Waals surface area contributed by atoms with E-state index in [9.17, 15) is 4.79 Å². The molecule has 1 atom stereocenters. The smallest absolute Gasteiger partial charge is 0.223 e. The first-order valence-corrected chi connectivity index (χ1v) is 6.94. The maximum Gasteiger partial charge on any atom is 0.223 e. The largest absolute Gasteiger partial charge is 0.336 e. The second kappa shape index (κ2) is 4.07. The van der Waals surface area contributed by atoms with Gasteiger partial charge in [-0.25, -0.2) is 4.98 Å². The second-order valence-corrected chi connectivity index (χ2v) is 6.27. The summed E-state index contributed by atoms with van der Waals surface area (Å²) in [4.78, 5) is 18.4. The van der Waals surface area contributed by atoms with Gasteiger partial charge in [-0.05, 0) is 19.9 Å². The van der Waals surface area contributed by atoms with Gasteiger partial charge in [0.25, 0.3) is 0 Å². The van der Waals surface area contributed by atoms with E-state index in [2.05, 4.69) is 15.7 Å². The zero-order valence-electron chi connectivity index (χ0n) is 10.0. The molecule has 0 bridgehead atoms. The van der Waals surface area contributed by atoms with Crippen LogP contribution in [0, 0.1) is 12.3 Å². The van der Waals surface area contributed by atoms with Crippen molar-refractivity contribution in [3.8, 4) is 0 Å². The Hall–Kier alpha value is -0.940. The molecule has 0 unspecified atom stereocenters. The number of aryl methyl sites for hydroxylation is 1. The predicted octanol–water partition coefficient (Wildman–Crippen LogP) is 1.16. The number of nitrogens with one attached hydrogen (secondary N) is 1. The molecule has 17 heavy (non-hydrogen) atoms. The highest BCUT2D eigenvalue weighted by atomic mass is 32.1. The highest BCUT2D eigenvalue weighted by Gasteiger charge is 2.44. The summed E-state index contributed by atoms with van der Waals surface area (Å²) >= 11 is 1.65. The van der Waals surface area contributed by atoms with E-state index in [1.54, 1.807) is 11.3 Å². The summed E-state index contributed by atoms with van der Waals surface area (Å²) in [6.07, 6.45) is 1.84. The van der Waals surface area contributed by atoms with Crippen LogP contribution < -0.4 is 5.32 Å². The van der Waals surface area contributed by atoms with Crippen LogP contribution in [0.2, 0.25) is 0 Å². The lowest BCUT2D eigenvalue weighted by Crippen LogP contribution is -2.29. The van der Waals surface area contributed by atoms with Gasteiger partial charge in [0.2, 0.25) is 5.91 Å². The van der Waals surface area contributed by atoms with Gasteiger partial charge in [0, 0.05) is 30.3 Å². The van der Waals surface area contributed by atoms with E-state index in [1.807, 2.05) is 11.8 Å². The Morgan fingerprint density at radius 2 is 2.53 bits per heavy atom. The standard InChI is InChI=1S/C12H17N3OS/c1-9-14-10(6-17-9)5-15-8-12(4-11(15)16)2-3-13-7-12/h6,13H,2-5,7-8H2,1H3/t12-/m1/s1. The normalized spacial score (nSPS) is 28.5. The fourth-order valence-electron chi connectivity index (χ4n) is 2.88. The molecule has 2 saturated heterocycles. The van der Waals surface area contributed by atoms with Crippen molar-refractivity contribution < 1.29 is 4.79 Å². The van der Waals surface area contributed by atoms with Crippen LogP contribution in [-0.4, -0.2) is 35.4 Å². The van der Waals surface area contributed by atoms with Crippen LogP contribution in [-0.2, 0) is 11.3 Å². The van der Waals surface area contributed by atoms with Gasteiger partial charge in [0.15, 0.2) is 0 Å². The Labute approximate surface area is 105 Å². The molecular formula is C12H17N3OS. The lowest BCUT2D eigenvalue weighted by Gasteiger charge is -2.21. The molecule has 3 rings (SSSR count). The van der Waals surface area contributed by atoms with Gasteiger partial charge in [-0.3, -0.25) is 4.79 Å². The molecule has 3 heterocycles. The predicted molar refractivity (Wildman–Crippen MR) is 66.8 cm³/mol. The van der Waals surface area contributed by atoms with Crippen molar-refractivity contribution in [1.82, 2.24) is 15.2 Å². The fraction of sp³-hybridized carbons (Fsp3) is 0.667. The summed E-state index contributed by atoms with van der Waals surface area (Å²) < 4.78 is 0. The van der Waals surface area contributed by atoms with Gasteiger partial charge in [-0.1, -0.05) is 0 Å². The number of likely N-dealkylation sites (tertiary alicyclic amines) is 1. The van der Waals surface area contributed by atoms with Crippen LogP contribution in [0.3, 0.4) is 0 Å². The van der Waals surface area contributed by atoms with Crippen molar-refractivity contribution in [2.45, 2.75) is 26.3 Å². The number of aromatic nitrogens is 1. The summed E-state index contributed by atoms with van der Waals surface area (Å²) in [5.74, 6) is 0.291. The van der Waals surface area contributed by atoms with Crippen molar-refractivity contribution in [3.05, 3.63) is 16.1 Å². The number of hydrogen-bond acceptors (Lipinski definition) is 4. The molecule has 2 fully saturated rings. The van der Waals surface area contributed by atoms with Gasteiger partial charge in [0.05, 0.1) is 17.2 Å². The zero-order chi connectivity index (χ0) is 11.9. The molecule has 1 N–H and O–H groups in total. The first kappa shape index (κ1) is 11.2. The molecule has 0 aromatic carbocycles. The van der Waals surface area contributed by atoms with E-state index in [0.29, 0.717) is 18.9 Å². The van der Waals surface area contributed by atoms with E-state index in [4.69, 9.17) is 0 Å². The molecule has 5 heteroatoms. The van der Waals surface area contributed by atoms with Gasteiger partial charge >= 0.3 is 0 Å². The van der Waals surface area contributed by atoms with Crippen LogP contribution in [0.25, 0.3) is 0 Å². The van der Waals surface area contributed by atoms with Crippen LogP contribution in [0.4, 0.5) is 0 Å². The van der Waals surface area contributed by atoms with Crippen molar-refractivity contribution in [2.24, 2.45) is 5.41 Å². The summed E-state index contributed by atoms with van der Waals surface area (Å²) in [6, 6.07) is 0. The molecule has 2 aliphatic heterocycles. The number of nitrogens with zero attached hydrogens (tertiary/aromatic N) is 2. The Kier molecular flexibility index (Phi) is 2.67. The molecule has 0 aliphatic carbocycles. The Morgan fingerprint density at radius 3 is 3.18 bits per heavy atom. The molecule has 1 aromatic heterocycles. The molecule has 0 radical (unpaired) electrons. The summed E-state index contributed by atoms with van der Waals surface area (Å²) in [7, 11) is 0. The number of carbonyl (C=O) groups excluding carboxylic acids is 1. The monoisotopic (exact) mass is 251 g/mol. The van der Waals surface area contributed by atoms with Crippen LogP contribution in [0.1, 0.15) is 23.5 Å². The van der Waals surface area contributed by atoms with Crippen LogP contribution >= 0.6 is 11.3 Å².